The van der Waals surface area contributed by atoms with Crippen LogP contribution in [-0.2, 0) is 11.2 Å². The molecular weight excluding hydrogens is 254 g/mol. The summed E-state index contributed by atoms with van der Waals surface area (Å²) in [7, 11) is 3.19. The SMILES string of the molecule is COc1ccc(CCNC(=O)C(C)Cl)cc1OC. The highest BCUT2D eigenvalue weighted by Crippen LogP contribution is 2.27. The van der Waals surface area contributed by atoms with Crippen LogP contribution in [-0.4, -0.2) is 32.0 Å². The van der Waals surface area contributed by atoms with E-state index in [1.807, 2.05) is 18.2 Å². The van der Waals surface area contributed by atoms with E-state index >= 15 is 0 Å². The first kappa shape index (κ1) is 14.6. The second kappa shape index (κ2) is 7.11. The van der Waals surface area contributed by atoms with Gasteiger partial charge in [0.25, 0.3) is 0 Å². The molecule has 1 atom stereocenters. The van der Waals surface area contributed by atoms with Crippen LogP contribution in [0.3, 0.4) is 0 Å². The molecule has 0 aliphatic carbocycles. The molecule has 1 amide bonds. The lowest BCUT2D eigenvalue weighted by atomic mass is 10.1. The number of hydrogen-bond donors (Lipinski definition) is 1. The van der Waals surface area contributed by atoms with Crippen molar-refractivity contribution < 1.29 is 14.3 Å². The molecule has 0 saturated heterocycles. The van der Waals surface area contributed by atoms with Crippen LogP contribution < -0.4 is 14.8 Å². The molecule has 100 valence electrons. The van der Waals surface area contributed by atoms with Crippen LogP contribution in [0.15, 0.2) is 18.2 Å². The number of ether oxygens (including phenoxy) is 2. The predicted molar refractivity (Wildman–Crippen MR) is 71.6 cm³/mol. The van der Waals surface area contributed by atoms with Gasteiger partial charge in [0.05, 0.1) is 14.2 Å². The summed E-state index contributed by atoms with van der Waals surface area (Å²) in [5, 5.41) is 2.25. The molecule has 0 bridgehead atoms. The number of halogens is 1. The van der Waals surface area contributed by atoms with E-state index in [1.165, 1.54) is 0 Å². The van der Waals surface area contributed by atoms with Crippen molar-refractivity contribution in [3.8, 4) is 11.5 Å². The number of nitrogens with one attached hydrogen (secondary N) is 1. The molecule has 0 fully saturated rings. The number of alkyl halides is 1. The standard InChI is InChI=1S/C13H18ClNO3/c1-9(14)13(16)15-7-6-10-4-5-11(17-2)12(8-10)18-3/h4-5,8-9H,6-7H2,1-3H3,(H,15,16). The zero-order valence-electron chi connectivity index (χ0n) is 10.8. The van der Waals surface area contributed by atoms with Gasteiger partial charge in [-0.05, 0) is 31.0 Å². The summed E-state index contributed by atoms with van der Waals surface area (Å²) in [4.78, 5) is 11.3. The summed E-state index contributed by atoms with van der Waals surface area (Å²) >= 11 is 5.65. The molecule has 1 aromatic rings. The molecule has 18 heavy (non-hydrogen) atoms. The molecule has 0 spiro atoms. The summed E-state index contributed by atoms with van der Waals surface area (Å²) in [6.45, 7) is 2.19. The topological polar surface area (TPSA) is 47.6 Å². The first-order valence-electron chi connectivity index (χ1n) is 5.71. The summed E-state index contributed by atoms with van der Waals surface area (Å²) in [5.41, 5.74) is 1.06. The normalized spacial score (nSPS) is 11.8. The minimum atomic E-state index is -0.504. The fraction of sp³-hybridized carbons (Fsp3) is 0.462. The lowest BCUT2D eigenvalue weighted by molar-refractivity contribution is -0.120. The minimum Gasteiger partial charge on any atom is -0.493 e. The lowest BCUT2D eigenvalue weighted by Crippen LogP contribution is -2.31. The maximum Gasteiger partial charge on any atom is 0.237 e. The average Bonchev–Trinajstić information content (AvgIpc) is 2.38. The maximum absolute atomic E-state index is 11.3. The monoisotopic (exact) mass is 271 g/mol. The van der Waals surface area contributed by atoms with Crippen molar-refractivity contribution in [3.05, 3.63) is 23.8 Å². The van der Waals surface area contributed by atoms with E-state index < -0.39 is 5.38 Å². The largest absolute Gasteiger partial charge is 0.493 e. The third-order valence-electron chi connectivity index (χ3n) is 2.52. The van der Waals surface area contributed by atoms with Gasteiger partial charge in [-0.15, -0.1) is 11.6 Å². The first-order chi connectivity index (χ1) is 8.58. The van der Waals surface area contributed by atoms with E-state index in [1.54, 1.807) is 21.1 Å². The van der Waals surface area contributed by atoms with E-state index in [2.05, 4.69) is 5.32 Å². The van der Waals surface area contributed by atoms with Gasteiger partial charge in [-0.1, -0.05) is 6.07 Å². The Balaban J connectivity index is 2.55. The van der Waals surface area contributed by atoms with Crippen molar-refractivity contribution >= 4 is 17.5 Å². The van der Waals surface area contributed by atoms with Gasteiger partial charge in [0, 0.05) is 6.54 Å². The minimum absolute atomic E-state index is 0.155. The average molecular weight is 272 g/mol. The highest BCUT2D eigenvalue weighted by molar-refractivity contribution is 6.30. The van der Waals surface area contributed by atoms with Crippen LogP contribution >= 0.6 is 11.6 Å². The second-order valence-corrected chi connectivity index (χ2v) is 4.50. The number of amides is 1. The summed E-state index contributed by atoms with van der Waals surface area (Å²) in [5.74, 6) is 1.23. The molecule has 1 rings (SSSR count). The van der Waals surface area contributed by atoms with E-state index in [-0.39, 0.29) is 5.91 Å². The van der Waals surface area contributed by atoms with E-state index in [0.29, 0.717) is 18.0 Å². The van der Waals surface area contributed by atoms with Gasteiger partial charge in [-0.2, -0.15) is 0 Å². The van der Waals surface area contributed by atoms with Gasteiger partial charge < -0.3 is 14.8 Å². The van der Waals surface area contributed by atoms with Gasteiger partial charge in [0.15, 0.2) is 11.5 Å². The summed E-state index contributed by atoms with van der Waals surface area (Å²) < 4.78 is 10.4. The van der Waals surface area contributed by atoms with E-state index in [0.717, 1.165) is 12.0 Å². The Morgan fingerprint density at radius 3 is 2.56 bits per heavy atom. The Kier molecular flexibility index (Phi) is 5.78. The fourth-order valence-corrected chi connectivity index (χ4v) is 1.58. The summed E-state index contributed by atoms with van der Waals surface area (Å²) in [6.07, 6.45) is 0.718. The van der Waals surface area contributed by atoms with Crippen LogP contribution in [0.4, 0.5) is 0 Å². The first-order valence-corrected chi connectivity index (χ1v) is 6.14. The number of carbonyl (C=O) groups excluding carboxylic acids is 1. The molecule has 0 aliphatic heterocycles. The molecule has 4 nitrogen and oxygen atoms in total. The molecule has 0 radical (unpaired) electrons. The number of methoxy groups -OCH3 is 2. The number of carbonyl (C=O) groups is 1. The smallest absolute Gasteiger partial charge is 0.237 e. The zero-order valence-corrected chi connectivity index (χ0v) is 11.6. The van der Waals surface area contributed by atoms with Crippen molar-refractivity contribution in [2.75, 3.05) is 20.8 Å². The molecular formula is C13H18ClNO3. The van der Waals surface area contributed by atoms with Gasteiger partial charge in [0.2, 0.25) is 5.91 Å². The predicted octanol–water partition coefficient (Wildman–Crippen LogP) is 1.99. The molecule has 0 saturated carbocycles. The molecule has 1 N–H and O–H groups in total. The van der Waals surface area contributed by atoms with Crippen molar-refractivity contribution in [2.24, 2.45) is 0 Å². The quantitative estimate of drug-likeness (QED) is 0.805. The van der Waals surface area contributed by atoms with Crippen LogP contribution in [0.25, 0.3) is 0 Å². The van der Waals surface area contributed by atoms with Crippen LogP contribution in [0.5, 0.6) is 11.5 Å². The highest BCUT2D eigenvalue weighted by Gasteiger charge is 2.08. The fourth-order valence-electron chi connectivity index (χ4n) is 1.51. The van der Waals surface area contributed by atoms with Crippen molar-refractivity contribution in [3.63, 3.8) is 0 Å². The number of rotatable bonds is 6. The van der Waals surface area contributed by atoms with Gasteiger partial charge in [-0.3, -0.25) is 4.79 Å². The van der Waals surface area contributed by atoms with Crippen LogP contribution in [0.2, 0.25) is 0 Å². The molecule has 1 aromatic carbocycles. The highest BCUT2D eigenvalue weighted by atomic mass is 35.5. The van der Waals surface area contributed by atoms with Crippen molar-refractivity contribution in [1.82, 2.24) is 5.32 Å². The zero-order chi connectivity index (χ0) is 13.5. The maximum atomic E-state index is 11.3. The Morgan fingerprint density at radius 1 is 1.33 bits per heavy atom. The van der Waals surface area contributed by atoms with Crippen LogP contribution in [0, 0.1) is 0 Å². The molecule has 1 unspecified atom stereocenters. The molecule has 0 aliphatic rings. The Hall–Kier alpha value is -1.42. The van der Waals surface area contributed by atoms with E-state index in [9.17, 15) is 4.79 Å². The van der Waals surface area contributed by atoms with Gasteiger partial charge in [-0.25, -0.2) is 0 Å². The third-order valence-corrected chi connectivity index (χ3v) is 2.72. The number of benzene rings is 1. The molecule has 5 heteroatoms. The Labute approximate surface area is 112 Å². The van der Waals surface area contributed by atoms with Crippen LogP contribution in [0.1, 0.15) is 12.5 Å². The van der Waals surface area contributed by atoms with Gasteiger partial charge >= 0.3 is 0 Å². The number of hydrogen-bond acceptors (Lipinski definition) is 3. The Morgan fingerprint density at radius 2 is 2.00 bits per heavy atom. The summed E-state index contributed by atoms with van der Waals surface area (Å²) in [6, 6.07) is 5.69. The second-order valence-electron chi connectivity index (χ2n) is 3.85. The van der Waals surface area contributed by atoms with E-state index in [4.69, 9.17) is 21.1 Å². The third kappa shape index (κ3) is 4.11. The molecule has 0 heterocycles. The lowest BCUT2D eigenvalue weighted by Gasteiger charge is -2.10. The Bertz CT molecular complexity index is 407. The molecule has 0 aromatic heterocycles. The van der Waals surface area contributed by atoms with Gasteiger partial charge in [0.1, 0.15) is 5.38 Å². The van der Waals surface area contributed by atoms with Crippen molar-refractivity contribution in [1.29, 1.82) is 0 Å². The van der Waals surface area contributed by atoms with Crippen molar-refractivity contribution in [2.45, 2.75) is 18.7 Å².